The predicted octanol–water partition coefficient (Wildman–Crippen LogP) is 0.848. The third kappa shape index (κ3) is 2.66. The maximum absolute atomic E-state index is 11.3. The summed E-state index contributed by atoms with van der Waals surface area (Å²) < 4.78 is 11.3. The number of amidine groups is 1. The van der Waals surface area contributed by atoms with Crippen molar-refractivity contribution in [3.8, 4) is 0 Å². The Morgan fingerprint density at radius 1 is 1.41 bits per heavy atom. The molecule has 0 aliphatic carbocycles. The standard InChI is InChI=1S/C12H17N3OS/c1-9-2-3-11(10(8-9)12(13)14)15-4-6-17(16)7-5-15/h2-3,8H,4-7H2,1H3,(H3,13,14). The normalized spacial score (nSPS) is 17.1. The van der Waals surface area contributed by atoms with Crippen LogP contribution in [0.15, 0.2) is 18.2 Å². The fourth-order valence-corrected chi connectivity index (χ4v) is 3.07. The molecule has 0 atom stereocenters. The second-order valence-corrected chi connectivity index (χ2v) is 5.97. The minimum absolute atomic E-state index is 0.0930. The summed E-state index contributed by atoms with van der Waals surface area (Å²) in [6.45, 7) is 3.54. The Balaban J connectivity index is 2.31. The van der Waals surface area contributed by atoms with E-state index < -0.39 is 10.8 Å². The first-order valence-electron chi connectivity index (χ1n) is 5.63. The van der Waals surface area contributed by atoms with Gasteiger partial charge < -0.3 is 10.6 Å². The molecule has 0 amide bonds. The van der Waals surface area contributed by atoms with Crippen LogP contribution in [0.4, 0.5) is 5.69 Å². The summed E-state index contributed by atoms with van der Waals surface area (Å²) in [6.07, 6.45) is 0. The van der Waals surface area contributed by atoms with Gasteiger partial charge in [0.15, 0.2) is 0 Å². The molecule has 0 spiro atoms. The molecule has 1 heterocycles. The number of nitrogens with one attached hydrogen (secondary N) is 1. The number of hydrogen-bond donors (Lipinski definition) is 2. The van der Waals surface area contributed by atoms with Crippen molar-refractivity contribution in [1.82, 2.24) is 0 Å². The maximum atomic E-state index is 11.3. The van der Waals surface area contributed by atoms with Crippen LogP contribution in [0.2, 0.25) is 0 Å². The molecule has 1 aliphatic heterocycles. The molecule has 3 N–H and O–H groups in total. The van der Waals surface area contributed by atoms with Gasteiger partial charge in [0, 0.05) is 46.6 Å². The minimum Gasteiger partial charge on any atom is -0.384 e. The van der Waals surface area contributed by atoms with E-state index in [1.807, 2.05) is 25.1 Å². The highest BCUT2D eigenvalue weighted by atomic mass is 32.2. The molecule has 1 fully saturated rings. The lowest BCUT2D eigenvalue weighted by Crippen LogP contribution is -2.38. The highest BCUT2D eigenvalue weighted by Gasteiger charge is 2.18. The van der Waals surface area contributed by atoms with E-state index in [0.29, 0.717) is 11.5 Å². The summed E-state index contributed by atoms with van der Waals surface area (Å²) in [5, 5.41) is 7.62. The van der Waals surface area contributed by atoms with Gasteiger partial charge in [0.05, 0.1) is 0 Å². The number of nitrogen functional groups attached to an aromatic ring is 1. The Kier molecular flexibility index (Phi) is 3.47. The molecule has 0 bridgehead atoms. The Bertz CT molecular complexity index is 463. The van der Waals surface area contributed by atoms with E-state index in [9.17, 15) is 4.21 Å². The van der Waals surface area contributed by atoms with Crippen molar-refractivity contribution >= 4 is 22.3 Å². The first-order chi connectivity index (χ1) is 8.08. The van der Waals surface area contributed by atoms with Crippen LogP contribution < -0.4 is 10.6 Å². The van der Waals surface area contributed by atoms with Gasteiger partial charge in [-0.2, -0.15) is 0 Å². The molecule has 17 heavy (non-hydrogen) atoms. The third-order valence-corrected chi connectivity index (χ3v) is 4.24. The van der Waals surface area contributed by atoms with E-state index >= 15 is 0 Å². The molecule has 4 nitrogen and oxygen atoms in total. The van der Waals surface area contributed by atoms with Crippen molar-refractivity contribution in [2.75, 3.05) is 29.5 Å². The zero-order valence-electron chi connectivity index (χ0n) is 9.90. The van der Waals surface area contributed by atoms with E-state index in [-0.39, 0.29) is 5.84 Å². The van der Waals surface area contributed by atoms with Crippen molar-refractivity contribution in [3.05, 3.63) is 29.3 Å². The van der Waals surface area contributed by atoms with E-state index in [4.69, 9.17) is 11.1 Å². The second kappa shape index (κ2) is 4.87. The molecule has 1 aliphatic rings. The fourth-order valence-electron chi connectivity index (χ4n) is 2.02. The van der Waals surface area contributed by atoms with Gasteiger partial charge in [-0.25, -0.2) is 0 Å². The van der Waals surface area contributed by atoms with Gasteiger partial charge in [0.1, 0.15) is 5.84 Å². The second-order valence-electron chi connectivity index (χ2n) is 4.27. The molecule has 2 rings (SSSR count). The van der Waals surface area contributed by atoms with Crippen molar-refractivity contribution in [3.63, 3.8) is 0 Å². The van der Waals surface area contributed by atoms with Crippen molar-refractivity contribution < 1.29 is 4.21 Å². The van der Waals surface area contributed by atoms with Crippen molar-refractivity contribution in [2.24, 2.45) is 5.73 Å². The predicted molar refractivity (Wildman–Crippen MR) is 72.3 cm³/mol. The summed E-state index contributed by atoms with van der Waals surface area (Å²) >= 11 is 0. The van der Waals surface area contributed by atoms with E-state index in [1.54, 1.807) is 0 Å². The third-order valence-electron chi connectivity index (χ3n) is 2.96. The largest absolute Gasteiger partial charge is 0.384 e. The van der Waals surface area contributed by atoms with Crippen LogP contribution in [0.1, 0.15) is 11.1 Å². The van der Waals surface area contributed by atoms with E-state index in [2.05, 4.69) is 4.90 Å². The topological polar surface area (TPSA) is 70.2 Å². The van der Waals surface area contributed by atoms with Crippen LogP contribution in [0, 0.1) is 12.3 Å². The average molecular weight is 251 g/mol. The Labute approximate surface area is 104 Å². The van der Waals surface area contributed by atoms with Crippen LogP contribution in [-0.2, 0) is 10.8 Å². The Morgan fingerprint density at radius 2 is 2.06 bits per heavy atom. The summed E-state index contributed by atoms with van der Waals surface area (Å²) in [4.78, 5) is 2.16. The fraction of sp³-hybridized carbons (Fsp3) is 0.417. The number of nitrogens with zero attached hydrogens (tertiary/aromatic N) is 1. The lowest BCUT2D eigenvalue weighted by molar-refractivity contribution is 0.673. The van der Waals surface area contributed by atoms with Crippen LogP contribution in [-0.4, -0.2) is 34.6 Å². The molecule has 0 unspecified atom stereocenters. The molecular weight excluding hydrogens is 234 g/mol. The zero-order valence-corrected chi connectivity index (χ0v) is 10.7. The molecule has 1 saturated heterocycles. The van der Waals surface area contributed by atoms with Crippen LogP contribution in [0.5, 0.6) is 0 Å². The Hall–Kier alpha value is -1.36. The van der Waals surface area contributed by atoms with Gasteiger partial charge in [-0.15, -0.1) is 0 Å². The quantitative estimate of drug-likeness (QED) is 0.604. The maximum Gasteiger partial charge on any atom is 0.124 e. The smallest absolute Gasteiger partial charge is 0.124 e. The monoisotopic (exact) mass is 251 g/mol. The zero-order chi connectivity index (χ0) is 12.4. The van der Waals surface area contributed by atoms with E-state index in [0.717, 1.165) is 29.9 Å². The van der Waals surface area contributed by atoms with E-state index in [1.165, 1.54) is 0 Å². The number of hydrogen-bond acceptors (Lipinski definition) is 3. The van der Waals surface area contributed by atoms with Crippen molar-refractivity contribution in [1.29, 1.82) is 5.41 Å². The first kappa shape index (κ1) is 12.1. The Morgan fingerprint density at radius 3 is 2.65 bits per heavy atom. The summed E-state index contributed by atoms with van der Waals surface area (Å²) in [6, 6.07) is 5.96. The first-order valence-corrected chi connectivity index (χ1v) is 7.11. The van der Waals surface area contributed by atoms with Crippen LogP contribution in [0.25, 0.3) is 0 Å². The number of nitrogens with two attached hydrogens (primary N) is 1. The van der Waals surface area contributed by atoms with Gasteiger partial charge in [-0.3, -0.25) is 9.62 Å². The average Bonchev–Trinajstić information content (AvgIpc) is 2.30. The molecule has 1 aromatic carbocycles. The van der Waals surface area contributed by atoms with Gasteiger partial charge in [0.2, 0.25) is 0 Å². The van der Waals surface area contributed by atoms with Gasteiger partial charge >= 0.3 is 0 Å². The summed E-state index contributed by atoms with van der Waals surface area (Å²) in [5.74, 6) is 1.49. The summed E-state index contributed by atoms with van der Waals surface area (Å²) in [5.41, 5.74) is 8.47. The lowest BCUT2D eigenvalue weighted by Gasteiger charge is -2.30. The van der Waals surface area contributed by atoms with Gasteiger partial charge in [-0.05, 0) is 19.1 Å². The highest BCUT2D eigenvalue weighted by molar-refractivity contribution is 7.85. The molecule has 1 aromatic rings. The summed E-state index contributed by atoms with van der Waals surface area (Å²) in [7, 11) is -0.683. The minimum atomic E-state index is -0.683. The van der Waals surface area contributed by atoms with Gasteiger partial charge in [0.25, 0.3) is 0 Å². The number of aryl methyl sites for hydroxylation is 1. The highest BCUT2D eigenvalue weighted by Crippen LogP contribution is 2.22. The van der Waals surface area contributed by atoms with Gasteiger partial charge in [-0.1, -0.05) is 11.6 Å². The molecular formula is C12H17N3OS. The molecule has 92 valence electrons. The SMILES string of the molecule is Cc1ccc(N2CCS(=O)CC2)c(C(=N)N)c1. The van der Waals surface area contributed by atoms with Crippen molar-refractivity contribution in [2.45, 2.75) is 6.92 Å². The molecule has 0 aromatic heterocycles. The molecule has 0 saturated carbocycles. The molecule has 0 radical (unpaired) electrons. The lowest BCUT2D eigenvalue weighted by atomic mass is 10.1. The number of anilines is 1. The van der Waals surface area contributed by atoms with Crippen LogP contribution >= 0.6 is 0 Å². The molecule has 5 heteroatoms. The number of rotatable bonds is 2. The number of benzene rings is 1. The van der Waals surface area contributed by atoms with Crippen LogP contribution in [0.3, 0.4) is 0 Å².